The molecule has 0 unspecified atom stereocenters. The number of nitrogens with zero attached hydrogens (tertiary/aromatic N) is 3. The van der Waals surface area contributed by atoms with Crippen LogP contribution in [0.25, 0.3) is 16.7 Å². The van der Waals surface area contributed by atoms with E-state index in [-0.39, 0.29) is 23.6 Å². The molecular weight excluding hydrogens is 417 g/mol. The zero-order valence-electron chi connectivity index (χ0n) is 15.4. The Balaban J connectivity index is 1.33. The van der Waals surface area contributed by atoms with Crippen LogP contribution in [-0.2, 0) is 12.8 Å². The van der Waals surface area contributed by atoms with Crippen molar-refractivity contribution in [1.82, 2.24) is 19.5 Å². The number of halogens is 3. The van der Waals surface area contributed by atoms with E-state index in [1.165, 1.54) is 16.0 Å². The lowest BCUT2D eigenvalue weighted by Gasteiger charge is -2.08. The number of H-pyrrole nitrogens is 1. The molecule has 0 atom stereocenters. The van der Waals surface area contributed by atoms with Gasteiger partial charge in [0.2, 0.25) is 0 Å². The number of aromatic amines is 1. The van der Waals surface area contributed by atoms with Crippen molar-refractivity contribution >= 4 is 22.4 Å². The Morgan fingerprint density at radius 2 is 2.03 bits per heavy atom. The number of fused-ring (bicyclic) bond motifs is 1. The summed E-state index contributed by atoms with van der Waals surface area (Å²) in [5, 5.41) is 0.370. The van der Waals surface area contributed by atoms with Gasteiger partial charge in [0.05, 0.1) is 22.4 Å². The van der Waals surface area contributed by atoms with Crippen LogP contribution in [0.5, 0.6) is 5.75 Å². The molecule has 0 saturated heterocycles. The first-order chi connectivity index (χ1) is 14.4. The summed E-state index contributed by atoms with van der Waals surface area (Å²) in [5.41, 5.74) is 2.25. The maximum atomic E-state index is 12.6. The van der Waals surface area contributed by atoms with Gasteiger partial charge in [0.15, 0.2) is 5.01 Å². The van der Waals surface area contributed by atoms with Gasteiger partial charge < -0.3 is 9.72 Å². The van der Waals surface area contributed by atoms with Gasteiger partial charge in [0, 0.05) is 23.6 Å². The fourth-order valence-corrected chi connectivity index (χ4v) is 3.81. The predicted molar refractivity (Wildman–Crippen MR) is 105 cm³/mol. The largest absolute Gasteiger partial charge is 0.487 e. The summed E-state index contributed by atoms with van der Waals surface area (Å²) in [6, 6.07) is 8.43. The van der Waals surface area contributed by atoms with Gasteiger partial charge in [0.25, 0.3) is 5.56 Å². The molecule has 3 heterocycles. The third-order valence-corrected chi connectivity index (χ3v) is 5.73. The van der Waals surface area contributed by atoms with Crippen molar-refractivity contribution in [1.29, 1.82) is 0 Å². The fourth-order valence-electron chi connectivity index (χ4n) is 3.14. The Kier molecular flexibility index (Phi) is 4.39. The van der Waals surface area contributed by atoms with Gasteiger partial charge in [0.1, 0.15) is 18.2 Å². The monoisotopic (exact) mass is 432 g/mol. The lowest BCUT2D eigenvalue weighted by atomic mass is 10.2. The molecule has 0 radical (unpaired) electrons. The zero-order chi connectivity index (χ0) is 20.9. The minimum Gasteiger partial charge on any atom is -0.487 e. The molecule has 0 spiro atoms. The molecule has 1 N–H and O–H groups in total. The van der Waals surface area contributed by atoms with E-state index in [1.54, 1.807) is 12.3 Å². The highest BCUT2D eigenvalue weighted by Gasteiger charge is 2.34. The van der Waals surface area contributed by atoms with Crippen LogP contribution in [0.4, 0.5) is 13.2 Å². The summed E-state index contributed by atoms with van der Waals surface area (Å²) in [5.74, 6) is 1.75. The molecule has 0 bridgehead atoms. The van der Waals surface area contributed by atoms with E-state index >= 15 is 0 Å². The normalized spacial score (nSPS) is 14.4. The quantitative estimate of drug-likeness (QED) is 0.499. The van der Waals surface area contributed by atoms with Crippen LogP contribution >= 0.6 is 11.3 Å². The Hall–Kier alpha value is -3.14. The second-order valence-corrected chi connectivity index (χ2v) is 7.96. The van der Waals surface area contributed by atoms with E-state index < -0.39 is 11.2 Å². The van der Waals surface area contributed by atoms with Crippen LogP contribution in [0.2, 0.25) is 0 Å². The molecule has 154 valence electrons. The average molecular weight is 432 g/mol. The molecule has 30 heavy (non-hydrogen) atoms. The highest BCUT2D eigenvalue weighted by molar-refractivity contribution is 7.09. The van der Waals surface area contributed by atoms with Crippen LogP contribution in [0.3, 0.4) is 0 Å². The van der Waals surface area contributed by atoms with Crippen LogP contribution in [0, 0.1) is 0 Å². The minimum atomic E-state index is -4.47. The summed E-state index contributed by atoms with van der Waals surface area (Å²) in [6.45, 7) is -0.153. The molecule has 6 nitrogen and oxygen atoms in total. The maximum absolute atomic E-state index is 12.6. The van der Waals surface area contributed by atoms with Crippen molar-refractivity contribution in [2.45, 2.75) is 31.5 Å². The van der Waals surface area contributed by atoms with Crippen LogP contribution in [-0.4, -0.2) is 19.5 Å². The molecule has 4 aromatic rings. The summed E-state index contributed by atoms with van der Waals surface area (Å²) in [4.78, 5) is 23.9. The number of pyridine rings is 1. The molecule has 3 aromatic heterocycles. The second-order valence-electron chi connectivity index (χ2n) is 7.10. The molecule has 0 aliphatic heterocycles. The fraction of sp³-hybridized carbons (Fsp3) is 0.250. The van der Waals surface area contributed by atoms with Gasteiger partial charge in [-0.25, -0.2) is 9.97 Å². The Bertz CT molecular complexity index is 1290. The second kappa shape index (κ2) is 6.98. The summed E-state index contributed by atoms with van der Waals surface area (Å²) < 4.78 is 44.8. The van der Waals surface area contributed by atoms with E-state index in [4.69, 9.17) is 4.74 Å². The molecule has 10 heteroatoms. The maximum Gasteiger partial charge on any atom is 0.443 e. The minimum absolute atomic E-state index is 0.153. The first-order valence-corrected chi connectivity index (χ1v) is 10.1. The smallest absolute Gasteiger partial charge is 0.443 e. The average Bonchev–Trinajstić information content (AvgIpc) is 3.27. The third-order valence-electron chi connectivity index (χ3n) is 4.80. The van der Waals surface area contributed by atoms with Crippen LogP contribution < -0.4 is 10.3 Å². The molecular formula is C20H15F3N4O2S. The number of hydrogen-bond donors (Lipinski definition) is 1. The van der Waals surface area contributed by atoms with Gasteiger partial charge in [-0.2, -0.15) is 13.2 Å². The number of nitrogens with one attached hydrogen (secondary N) is 1. The van der Waals surface area contributed by atoms with Crippen molar-refractivity contribution in [3.05, 3.63) is 68.8 Å². The summed E-state index contributed by atoms with van der Waals surface area (Å²) in [7, 11) is 0. The molecule has 0 amide bonds. The van der Waals surface area contributed by atoms with Gasteiger partial charge in [-0.1, -0.05) is 0 Å². The molecule has 1 aromatic carbocycles. The van der Waals surface area contributed by atoms with Gasteiger partial charge >= 0.3 is 6.18 Å². The van der Waals surface area contributed by atoms with E-state index in [9.17, 15) is 18.0 Å². The van der Waals surface area contributed by atoms with E-state index in [1.807, 2.05) is 18.2 Å². The lowest BCUT2D eigenvalue weighted by Crippen LogP contribution is -2.16. The molecule has 1 saturated carbocycles. The number of ether oxygens (including phenoxy) is 1. The Labute approximate surface area is 172 Å². The lowest BCUT2D eigenvalue weighted by molar-refractivity contribution is -0.137. The first kappa shape index (κ1) is 18.9. The molecule has 5 rings (SSSR count). The Morgan fingerprint density at radius 3 is 2.73 bits per heavy atom. The predicted octanol–water partition coefficient (Wildman–Crippen LogP) is 4.65. The van der Waals surface area contributed by atoms with Crippen molar-refractivity contribution in [3.8, 4) is 11.4 Å². The number of alkyl halides is 3. The first-order valence-electron chi connectivity index (χ1n) is 9.24. The highest BCUT2D eigenvalue weighted by Crippen LogP contribution is 2.39. The van der Waals surface area contributed by atoms with Gasteiger partial charge in [-0.05, 0) is 37.1 Å². The van der Waals surface area contributed by atoms with Gasteiger partial charge in [-0.3, -0.25) is 9.36 Å². The van der Waals surface area contributed by atoms with Crippen molar-refractivity contribution < 1.29 is 17.9 Å². The molecule has 1 aliphatic rings. The topological polar surface area (TPSA) is 72.8 Å². The van der Waals surface area contributed by atoms with E-state index in [2.05, 4.69) is 15.0 Å². The summed E-state index contributed by atoms with van der Waals surface area (Å²) >= 11 is 0.513. The molecule has 1 fully saturated rings. The number of aromatic nitrogens is 4. The molecule has 1 aliphatic carbocycles. The van der Waals surface area contributed by atoms with Crippen molar-refractivity contribution in [2.24, 2.45) is 0 Å². The standard InChI is InChI=1S/C20H15F3N4O2S/c21-20(22,23)19-24-12(10-30-19)9-29-14-5-6-27(17(28)8-14)13-3-4-15-16(7-13)26-18(25-15)11-1-2-11/h3-8,10-11H,1-2,9H2,(H,25,26). The Morgan fingerprint density at radius 1 is 1.20 bits per heavy atom. The van der Waals surface area contributed by atoms with Crippen LogP contribution in [0.1, 0.15) is 35.3 Å². The highest BCUT2D eigenvalue weighted by atomic mass is 32.1. The number of hydrogen-bond acceptors (Lipinski definition) is 5. The van der Waals surface area contributed by atoms with Crippen LogP contribution in [0.15, 0.2) is 46.7 Å². The van der Waals surface area contributed by atoms with Gasteiger partial charge in [-0.15, -0.1) is 11.3 Å². The SMILES string of the molecule is O=c1cc(OCc2csc(C(F)(F)F)n2)ccn1-c1ccc2nc(C3CC3)[nH]c2c1. The summed E-state index contributed by atoms with van der Waals surface area (Å²) in [6.07, 6.45) is -0.615. The number of thiazole rings is 1. The number of imidazole rings is 1. The number of benzene rings is 1. The zero-order valence-corrected chi connectivity index (χ0v) is 16.3. The van der Waals surface area contributed by atoms with Crippen molar-refractivity contribution in [3.63, 3.8) is 0 Å². The van der Waals surface area contributed by atoms with E-state index in [0.717, 1.165) is 29.7 Å². The number of rotatable bonds is 5. The van der Waals surface area contributed by atoms with E-state index in [0.29, 0.717) is 22.9 Å². The van der Waals surface area contributed by atoms with Crippen molar-refractivity contribution in [2.75, 3.05) is 0 Å². The third kappa shape index (κ3) is 3.70.